The van der Waals surface area contributed by atoms with E-state index in [9.17, 15) is 5.11 Å². The second-order valence-corrected chi connectivity index (χ2v) is 5.86. The monoisotopic (exact) mass is 331 g/mol. The highest BCUT2D eigenvalue weighted by Gasteiger charge is 2.31. The molecule has 0 saturated carbocycles. The zero-order valence-electron chi connectivity index (χ0n) is 11.6. The number of nitrogens with one attached hydrogen (secondary N) is 1. The smallest absolute Gasteiger partial charge is 0.0739 e. The van der Waals surface area contributed by atoms with Crippen molar-refractivity contribution in [3.8, 4) is 0 Å². The second-order valence-electron chi connectivity index (χ2n) is 5.07. The highest BCUT2D eigenvalue weighted by molar-refractivity contribution is 9.10. The van der Waals surface area contributed by atoms with E-state index in [0.717, 1.165) is 35.2 Å². The molecule has 1 aromatic heterocycles. The van der Waals surface area contributed by atoms with Gasteiger partial charge in [-0.15, -0.1) is 0 Å². The number of halogens is 1. The summed E-state index contributed by atoms with van der Waals surface area (Å²) in [7, 11) is 0. The van der Waals surface area contributed by atoms with Crippen molar-refractivity contribution in [2.45, 2.75) is 45.3 Å². The molecule has 0 atom stereocenters. The van der Waals surface area contributed by atoms with Crippen LogP contribution in [-0.4, -0.2) is 40.2 Å². The van der Waals surface area contributed by atoms with Gasteiger partial charge in [0.05, 0.1) is 22.5 Å². The Hall–Kier alpha value is -0.430. The summed E-state index contributed by atoms with van der Waals surface area (Å²) >= 11 is 3.60. The SMILES string of the molecule is CCn1nc(C)c(Br)c1CNC1(CO)CCOCC1. The first-order valence-electron chi connectivity index (χ1n) is 6.77. The lowest BCUT2D eigenvalue weighted by molar-refractivity contribution is 0.0108. The molecule has 19 heavy (non-hydrogen) atoms. The van der Waals surface area contributed by atoms with Crippen LogP contribution in [0.25, 0.3) is 0 Å². The van der Waals surface area contributed by atoms with Crippen LogP contribution in [0.15, 0.2) is 4.47 Å². The van der Waals surface area contributed by atoms with Gasteiger partial charge < -0.3 is 15.2 Å². The summed E-state index contributed by atoms with van der Waals surface area (Å²) in [5, 5.41) is 17.7. The minimum absolute atomic E-state index is 0.146. The lowest BCUT2D eigenvalue weighted by Crippen LogP contribution is -2.52. The Morgan fingerprint density at radius 2 is 2.16 bits per heavy atom. The van der Waals surface area contributed by atoms with E-state index in [4.69, 9.17) is 4.74 Å². The van der Waals surface area contributed by atoms with Gasteiger partial charge in [0, 0.05) is 31.8 Å². The van der Waals surface area contributed by atoms with Gasteiger partial charge in [-0.25, -0.2) is 0 Å². The molecule has 0 bridgehead atoms. The topological polar surface area (TPSA) is 59.3 Å². The largest absolute Gasteiger partial charge is 0.394 e. The number of nitrogens with zero attached hydrogens (tertiary/aromatic N) is 2. The minimum atomic E-state index is -0.214. The van der Waals surface area contributed by atoms with Gasteiger partial charge in [-0.05, 0) is 42.6 Å². The third-order valence-corrected chi connectivity index (χ3v) is 4.87. The van der Waals surface area contributed by atoms with E-state index in [0.29, 0.717) is 19.8 Å². The molecular formula is C13H22BrN3O2. The molecule has 5 nitrogen and oxygen atoms in total. The summed E-state index contributed by atoms with van der Waals surface area (Å²) in [6.07, 6.45) is 1.70. The van der Waals surface area contributed by atoms with Gasteiger partial charge in [0.25, 0.3) is 0 Å². The van der Waals surface area contributed by atoms with Crippen molar-refractivity contribution in [2.24, 2.45) is 0 Å². The molecule has 108 valence electrons. The second kappa shape index (κ2) is 6.35. The van der Waals surface area contributed by atoms with E-state index in [-0.39, 0.29) is 12.1 Å². The fourth-order valence-corrected chi connectivity index (χ4v) is 2.89. The van der Waals surface area contributed by atoms with E-state index < -0.39 is 0 Å². The Morgan fingerprint density at radius 1 is 1.47 bits per heavy atom. The van der Waals surface area contributed by atoms with Crippen molar-refractivity contribution in [2.75, 3.05) is 19.8 Å². The van der Waals surface area contributed by atoms with Crippen molar-refractivity contribution in [1.29, 1.82) is 0 Å². The van der Waals surface area contributed by atoms with Crippen LogP contribution < -0.4 is 5.32 Å². The molecule has 1 fully saturated rings. The van der Waals surface area contributed by atoms with Gasteiger partial charge in [-0.3, -0.25) is 4.68 Å². The third-order valence-electron chi connectivity index (χ3n) is 3.84. The maximum absolute atomic E-state index is 9.67. The fraction of sp³-hybridized carbons (Fsp3) is 0.769. The number of hydrogen-bond acceptors (Lipinski definition) is 4. The first-order chi connectivity index (χ1) is 9.12. The Morgan fingerprint density at radius 3 is 2.74 bits per heavy atom. The zero-order valence-corrected chi connectivity index (χ0v) is 13.2. The number of aliphatic hydroxyl groups is 1. The standard InChI is InChI=1S/C13H22BrN3O2/c1-3-17-11(12(14)10(2)16-17)8-15-13(9-18)4-6-19-7-5-13/h15,18H,3-9H2,1-2H3. The molecule has 1 aromatic rings. The fourth-order valence-electron chi connectivity index (χ4n) is 2.46. The van der Waals surface area contributed by atoms with Crippen molar-refractivity contribution in [3.05, 3.63) is 15.9 Å². The minimum Gasteiger partial charge on any atom is -0.394 e. The van der Waals surface area contributed by atoms with Crippen LogP contribution >= 0.6 is 15.9 Å². The molecule has 0 unspecified atom stereocenters. The molecule has 6 heteroatoms. The molecule has 0 amide bonds. The highest BCUT2D eigenvalue weighted by Crippen LogP contribution is 2.24. The molecule has 2 heterocycles. The first-order valence-corrected chi connectivity index (χ1v) is 7.56. The maximum Gasteiger partial charge on any atom is 0.0739 e. The molecular weight excluding hydrogens is 310 g/mol. The number of aliphatic hydroxyl groups excluding tert-OH is 1. The van der Waals surface area contributed by atoms with Crippen LogP contribution in [0.2, 0.25) is 0 Å². The van der Waals surface area contributed by atoms with Crippen LogP contribution in [0.4, 0.5) is 0 Å². The van der Waals surface area contributed by atoms with Crippen LogP contribution in [0.3, 0.4) is 0 Å². The Kier molecular flexibility index (Phi) is 5.00. The van der Waals surface area contributed by atoms with E-state index in [1.54, 1.807) is 0 Å². The van der Waals surface area contributed by atoms with Crippen LogP contribution in [0.5, 0.6) is 0 Å². The molecule has 1 aliphatic rings. The normalized spacial score (nSPS) is 18.7. The van der Waals surface area contributed by atoms with Crippen molar-refractivity contribution in [3.63, 3.8) is 0 Å². The molecule has 1 aliphatic heterocycles. The van der Waals surface area contributed by atoms with Gasteiger partial charge in [0.1, 0.15) is 0 Å². The quantitative estimate of drug-likeness (QED) is 0.860. The summed E-state index contributed by atoms with van der Waals surface area (Å²) in [4.78, 5) is 0. The third kappa shape index (κ3) is 3.18. The Balaban J connectivity index is 2.08. The summed E-state index contributed by atoms with van der Waals surface area (Å²) in [6.45, 7) is 7.19. The number of hydrogen-bond donors (Lipinski definition) is 2. The number of rotatable bonds is 5. The summed E-state index contributed by atoms with van der Waals surface area (Å²) < 4.78 is 8.43. The van der Waals surface area contributed by atoms with Crippen LogP contribution in [-0.2, 0) is 17.8 Å². The summed E-state index contributed by atoms with van der Waals surface area (Å²) in [6, 6.07) is 0. The van der Waals surface area contributed by atoms with E-state index in [2.05, 4.69) is 33.3 Å². The zero-order chi connectivity index (χ0) is 13.9. The van der Waals surface area contributed by atoms with Crippen molar-refractivity contribution in [1.82, 2.24) is 15.1 Å². The number of ether oxygens (including phenoxy) is 1. The predicted octanol–water partition coefficient (Wildman–Crippen LogP) is 1.61. The molecule has 1 saturated heterocycles. The van der Waals surface area contributed by atoms with Crippen LogP contribution in [0, 0.1) is 6.92 Å². The highest BCUT2D eigenvalue weighted by atomic mass is 79.9. The molecule has 0 radical (unpaired) electrons. The molecule has 2 N–H and O–H groups in total. The van der Waals surface area contributed by atoms with Gasteiger partial charge in [-0.1, -0.05) is 0 Å². The average Bonchev–Trinajstić information content (AvgIpc) is 2.73. The summed E-state index contributed by atoms with van der Waals surface area (Å²) in [5.74, 6) is 0. The van der Waals surface area contributed by atoms with Gasteiger partial charge in [-0.2, -0.15) is 5.10 Å². The average molecular weight is 332 g/mol. The van der Waals surface area contributed by atoms with Crippen molar-refractivity contribution >= 4 is 15.9 Å². The van der Waals surface area contributed by atoms with E-state index in [1.807, 2.05) is 11.6 Å². The molecule has 0 aliphatic carbocycles. The molecule has 2 rings (SSSR count). The van der Waals surface area contributed by atoms with Gasteiger partial charge >= 0.3 is 0 Å². The maximum atomic E-state index is 9.67. The van der Waals surface area contributed by atoms with E-state index in [1.165, 1.54) is 0 Å². The van der Waals surface area contributed by atoms with Crippen LogP contribution in [0.1, 0.15) is 31.2 Å². The molecule has 0 spiro atoms. The Bertz CT molecular complexity index is 428. The predicted molar refractivity (Wildman–Crippen MR) is 77.0 cm³/mol. The Labute approximate surface area is 122 Å². The van der Waals surface area contributed by atoms with Gasteiger partial charge in [0.2, 0.25) is 0 Å². The lowest BCUT2D eigenvalue weighted by Gasteiger charge is -2.36. The van der Waals surface area contributed by atoms with Crippen molar-refractivity contribution < 1.29 is 9.84 Å². The lowest BCUT2D eigenvalue weighted by atomic mass is 9.91. The van der Waals surface area contributed by atoms with E-state index >= 15 is 0 Å². The summed E-state index contributed by atoms with van der Waals surface area (Å²) in [5.41, 5.74) is 1.93. The number of aromatic nitrogens is 2. The van der Waals surface area contributed by atoms with Gasteiger partial charge in [0.15, 0.2) is 0 Å². The molecule has 0 aromatic carbocycles. The first kappa shape index (κ1) is 15.0. The number of aryl methyl sites for hydroxylation is 2.